The molecule has 0 atom stereocenters. The number of hydrogen-bond donors (Lipinski definition) is 1. The number of rotatable bonds is 35. The second-order valence-electron chi connectivity index (χ2n) is 15.8. The largest absolute Gasteiger partial charge is 0.322 e. The highest BCUT2D eigenvalue weighted by Gasteiger charge is 2.20. The van der Waals surface area contributed by atoms with Crippen molar-refractivity contribution < 1.29 is 0 Å². The number of benzene rings is 1. The predicted molar refractivity (Wildman–Crippen MR) is 224 cm³/mol. The van der Waals surface area contributed by atoms with Gasteiger partial charge in [0.15, 0.2) is 0 Å². The van der Waals surface area contributed by atoms with Crippen LogP contribution in [0.2, 0.25) is 0 Å². The van der Waals surface area contributed by atoms with Crippen LogP contribution in [-0.4, -0.2) is 0 Å². The van der Waals surface area contributed by atoms with Gasteiger partial charge in [0, 0.05) is 5.54 Å². The Morgan fingerprint density at radius 2 is 0.688 bits per heavy atom. The third-order valence-electron chi connectivity index (χ3n) is 10.5. The van der Waals surface area contributed by atoms with Gasteiger partial charge in [-0.3, -0.25) is 0 Å². The molecule has 0 unspecified atom stereocenters. The molecule has 0 aliphatic heterocycles. The van der Waals surface area contributed by atoms with Crippen LogP contribution in [0.1, 0.15) is 257 Å². The molecule has 286 valence electrons. The maximum absolute atomic E-state index is 6.68. The van der Waals surface area contributed by atoms with Crippen LogP contribution in [0.25, 0.3) is 0 Å². The fourth-order valence-electron chi connectivity index (χ4n) is 7.48. The Kier molecular flexibility index (Phi) is 37.5. The highest BCUT2D eigenvalue weighted by molar-refractivity contribution is 5.85. The van der Waals surface area contributed by atoms with Gasteiger partial charge in [0.1, 0.15) is 0 Å². The van der Waals surface area contributed by atoms with Crippen LogP contribution in [0.3, 0.4) is 0 Å². The van der Waals surface area contributed by atoms with Gasteiger partial charge in [0.25, 0.3) is 0 Å². The van der Waals surface area contributed by atoms with Crippen molar-refractivity contribution in [1.82, 2.24) is 0 Å². The van der Waals surface area contributed by atoms with Crippen molar-refractivity contribution in [1.29, 1.82) is 0 Å². The van der Waals surface area contributed by atoms with E-state index in [9.17, 15) is 0 Å². The Morgan fingerprint density at radius 3 is 0.979 bits per heavy atom. The number of halogens is 1. The molecular weight excluding hydrogens is 602 g/mol. The second-order valence-corrected chi connectivity index (χ2v) is 15.8. The lowest BCUT2D eigenvalue weighted by Crippen LogP contribution is -2.30. The van der Waals surface area contributed by atoms with Crippen LogP contribution < -0.4 is 5.73 Å². The van der Waals surface area contributed by atoms with Crippen molar-refractivity contribution in [2.45, 2.75) is 259 Å². The third-order valence-corrected chi connectivity index (χ3v) is 10.5. The first-order valence-electron chi connectivity index (χ1n) is 21.4. The quantitative estimate of drug-likeness (QED) is 0.0704. The summed E-state index contributed by atoms with van der Waals surface area (Å²) in [5.41, 5.74) is 11.0. The van der Waals surface area contributed by atoms with E-state index in [0.29, 0.717) is 0 Å². The Bertz CT molecular complexity index is 766. The van der Waals surface area contributed by atoms with Crippen LogP contribution in [0.15, 0.2) is 18.2 Å². The molecule has 48 heavy (non-hydrogen) atoms. The summed E-state index contributed by atoms with van der Waals surface area (Å²) in [6.07, 6.45) is 48.3. The van der Waals surface area contributed by atoms with Crippen LogP contribution in [0.4, 0.5) is 0 Å². The molecule has 0 aromatic heterocycles. The van der Waals surface area contributed by atoms with E-state index in [0.717, 1.165) is 0 Å². The van der Waals surface area contributed by atoms with Crippen LogP contribution >= 0.6 is 12.4 Å². The van der Waals surface area contributed by atoms with Gasteiger partial charge in [0.2, 0.25) is 0 Å². The zero-order chi connectivity index (χ0) is 33.4. The summed E-state index contributed by atoms with van der Waals surface area (Å²) in [4.78, 5) is 0. The highest BCUT2D eigenvalue weighted by atomic mass is 35.5. The summed E-state index contributed by atoms with van der Waals surface area (Å²) in [5.74, 6) is 0. The number of nitrogens with two attached hydrogens (primary N) is 1. The van der Waals surface area contributed by atoms with E-state index in [-0.39, 0.29) is 25.4 Å². The van der Waals surface area contributed by atoms with E-state index in [1.165, 1.54) is 224 Å². The first-order chi connectivity index (χ1) is 22.5. The molecule has 1 rings (SSSR count). The van der Waals surface area contributed by atoms with Crippen molar-refractivity contribution >= 4 is 12.4 Å². The predicted octanol–water partition coefficient (Wildman–Crippen LogP) is 16.5. The molecule has 1 aromatic carbocycles. The Hall–Kier alpha value is -0.530. The molecule has 0 aliphatic carbocycles. The Labute approximate surface area is 311 Å². The van der Waals surface area contributed by atoms with Gasteiger partial charge in [-0.25, -0.2) is 0 Å². The van der Waals surface area contributed by atoms with Crippen LogP contribution in [0.5, 0.6) is 0 Å². The van der Waals surface area contributed by atoms with E-state index >= 15 is 0 Å². The molecule has 2 heteroatoms. The van der Waals surface area contributed by atoms with Gasteiger partial charge in [-0.15, -0.1) is 12.4 Å². The molecule has 0 bridgehead atoms. The van der Waals surface area contributed by atoms with Gasteiger partial charge >= 0.3 is 0 Å². The Balaban J connectivity index is 0. The van der Waals surface area contributed by atoms with Gasteiger partial charge in [-0.05, 0) is 56.2 Å². The lowest BCUT2D eigenvalue weighted by molar-refractivity contribution is 0.524. The molecule has 1 nitrogen and oxygen atoms in total. The number of aryl methyl sites for hydroxylation is 1. The summed E-state index contributed by atoms with van der Waals surface area (Å²) >= 11 is 0. The fraction of sp³-hybridized carbons (Fsp3) is 0.870. The normalized spacial score (nSPS) is 11.4. The minimum absolute atomic E-state index is 0. The van der Waals surface area contributed by atoms with Gasteiger partial charge in [-0.1, -0.05) is 232 Å². The fourth-order valence-corrected chi connectivity index (χ4v) is 7.48. The van der Waals surface area contributed by atoms with Crippen molar-refractivity contribution in [3.05, 3.63) is 34.9 Å². The molecule has 0 heterocycles. The van der Waals surface area contributed by atoms with E-state index in [1.54, 1.807) is 11.1 Å². The summed E-state index contributed by atoms with van der Waals surface area (Å²) < 4.78 is 0. The Morgan fingerprint density at radius 1 is 0.417 bits per heavy atom. The molecule has 0 saturated heterocycles. The summed E-state index contributed by atoms with van der Waals surface area (Å²) in [7, 11) is 0. The average molecular weight is 693 g/mol. The number of hydrogen-bond acceptors (Lipinski definition) is 1. The van der Waals surface area contributed by atoms with Gasteiger partial charge < -0.3 is 5.73 Å². The summed E-state index contributed by atoms with van der Waals surface area (Å²) in [6, 6.07) is 6.98. The van der Waals surface area contributed by atoms with Gasteiger partial charge in [0.05, 0.1) is 0 Å². The smallest absolute Gasteiger partial charge is 0.0355 e. The molecule has 0 radical (unpaired) electrons. The molecule has 0 spiro atoms. The molecule has 0 fully saturated rings. The molecular formula is C46H90ClN. The SMILES string of the molecule is C.CCCCCCCCCCCCCCCCCCc1cccc(C(C)(C)N)c1CCCCCCCCCCCCCCCCCC.Cl. The van der Waals surface area contributed by atoms with Crippen molar-refractivity contribution in [3.63, 3.8) is 0 Å². The third kappa shape index (κ3) is 29.2. The lowest BCUT2D eigenvalue weighted by atomic mass is 9.84. The van der Waals surface area contributed by atoms with Crippen molar-refractivity contribution in [2.75, 3.05) is 0 Å². The number of unbranched alkanes of at least 4 members (excludes halogenated alkanes) is 30. The van der Waals surface area contributed by atoms with Crippen molar-refractivity contribution in [2.24, 2.45) is 5.73 Å². The van der Waals surface area contributed by atoms with E-state index in [1.807, 2.05) is 0 Å². The zero-order valence-corrected chi connectivity index (χ0v) is 33.6. The minimum atomic E-state index is -0.255. The maximum atomic E-state index is 6.68. The second kappa shape index (κ2) is 36.3. The summed E-state index contributed by atoms with van der Waals surface area (Å²) in [5, 5.41) is 0. The molecule has 0 amide bonds. The first-order valence-corrected chi connectivity index (χ1v) is 21.4. The monoisotopic (exact) mass is 692 g/mol. The topological polar surface area (TPSA) is 26.0 Å². The molecule has 0 saturated carbocycles. The average Bonchev–Trinajstić information content (AvgIpc) is 3.04. The maximum Gasteiger partial charge on any atom is 0.0355 e. The van der Waals surface area contributed by atoms with Crippen molar-refractivity contribution in [3.8, 4) is 0 Å². The standard InChI is InChI=1S/C45H85N.CH4.ClH/c1-5-7-9-11-13-15-17-19-21-23-25-27-29-31-33-35-38-42-39-37-41-44(45(3,4)46)43(42)40-36-34-32-30-28-26-24-22-20-18-16-14-12-10-8-6-2;;/h37,39,41H,5-36,38,40,46H2,1-4H3;1H4;1H. The minimum Gasteiger partial charge on any atom is -0.322 e. The molecule has 1 aromatic rings. The van der Waals surface area contributed by atoms with E-state index in [2.05, 4.69) is 45.9 Å². The lowest BCUT2D eigenvalue weighted by Gasteiger charge is -2.25. The molecule has 2 N–H and O–H groups in total. The van der Waals surface area contributed by atoms with E-state index < -0.39 is 0 Å². The first kappa shape index (κ1) is 49.6. The molecule has 0 aliphatic rings. The van der Waals surface area contributed by atoms with Crippen LogP contribution in [-0.2, 0) is 18.4 Å². The summed E-state index contributed by atoms with van der Waals surface area (Å²) in [6.45, 7) is 9.00. The van der Waals surface area contributed by atoms with Crippen LogP contribution in [0, 0.1) is 0 Å². The van der Waals surface area contributed by atoms with E-state index in [4.69, 9.17) is 5.73 Å². The highest BCUT2D eigenvalue weighted by Crippen LogP contribution is 2.28. The zero-order valence-electron chi connectivity index (χ0n) is 32.8. The van der Waals surface area contributed by atoms with Gasteiger partial charge in [-0.2, -0.15) is 0 Å².